The van der Waals surface area contributed by atoms with Crippen molar-refractivity contribution < 1.29 is 0 Å². The predicted molar refractivity (Wildman–Crippen MR) is 52.9 cm³/mol. The Kier molecular flexibility index (Phi) is 2.83. The molecule has 3 heteroatoms. The Morgan fingerprint density at radius 1 is 1.42 bits per heavy atom. The zero-order valence-electron chi connectivity index (χ0n) is 7.63. The zero-order chi connectivity index (χ0) is 9.19. The lowest BCUT2D eigenvalue weighted by molar-refractivity contribution is 0.403. The molecule has 0 unspecified atom stereocenters. The average Bonchev–Trinajstić information content (AvgIpc) is 1.91. The molecule has 12 heavy (non-hydrogen) atoms. The minimum atomic E-state index is 0.262. The van der Waals surface area contributed by atoms with Crippen LogP contribution < -0.4 is 0 Å². The number of aromatic nitrogens is 2. The SMILES string of the molecule is CC(C)(C)Cc1nnccc1Br. The average molecular weight is 229 g/mol. The lowest BCUT2D eigenvalue weighted by atomic mass is 9.90. The van der Waals surface area contributed by atoms with Gasteiger partial charge in [0, 0.05) is 4.47 Å². The molecular weight excluding hydrogens is 216 g/mol. The number of hydrogen-bond donors (Lipinski definition) is 0. The number of hydrogen-bond acceptors (Lipinski definition) is 2. The summed E-state index contributed by atoms with van der Waals surface area (Å²) < 4.78 is 1.05. The normalized spacial score (nSPS) is 11.7. The van der Waals surface area contributed by atoms with Crippen LogP contribution in [0.1, 0.15) is 26.5 Å². The van der Waals surface area contributed by atoms with Crippen LogP contribution in [0, 0.1) is 5.41 Å². The van der Waals surface area contributed by atoms with Gasteiger partial charge in [-0.15, -0.1) is 0 Å². The molecular formula is C9H13BrN2. The van der Waals surface area contributed by atoms with E-state index >= 15 is 0 Å². The third kappa shape index (κ3) is 2.89. The molecule has 0 spiro atoms. The number of rotatable bonds is 1. The van der Waals surface area contributed by atoms with E-state index in [0.29, 0.717) is 0 Å². The first-order valence-corrected chi connectivity index (χ1v) is 4.74. The fraction of sp³-hybridized carbons (Fsp3) is 0.556. The van der Waals surface area contributed by atoms with E-state index in [9.17, 15) is 0 Å². The van der Waals surface area contributed by atoms with Gasteiger partial charge in [-0.05, 0) is 33.8 Å². The van der Waals surface area contributed by atoms with Gasteiger partial charge in [-0.3, -0.25) is 0 Å². The van der Waals surface area contributed by atoms with Crippen molar-refractivity contribution >= 4 is 15.9 Å². The fourth-order valence-corrected chi connectivity index (χ4v) is 1.31. The van der Waals surface area contributed by atoms with E-state index in [2.05, 4.69) is 46.9 Å². The molecule has 0 aromatic carbocycles. The van der Waals surface area contributed by atoms with Crippen molar-refractivity contribution in [3.8, 4) is 0 Å². The van der Waals surface area contributed by atoms with E-state index in [0.717, 1.165) is 16.6 Å². The Morgan fingerprint density at radius 2 is 2.08 bits per heavy atom. The molecule has 0 N–H and O–H groups in total. The molecule has 0 saturated carbocycles. The maximum atomic E-state index is 4.07. The van der Waals surface area contributed by atoms with Gasteiger partial charge >= 0.3 is 0 Å². The second-order valence-corrected chi connectivity index (χ2v) is 4.92. The second kappa shape index (κ2) is 3.52. The number of halogens is 1. The van der Waals surface area contributed by atoms with Crippen molar-refractivity contribution in [3.05, 3.63) is 22.4 Å². The van der Waals surface area contributed by atoms with Gasteiger partial charge in [-0.25, -0.2) is 0 Å². The van der Waals surface area contributed by atoms with Gasteiger partial charge in [0.15, 0.2) is 0 Å². The molecule has 0 amide bonds. The minimum Gasteiger partial charge on any atom is -0.159 e. The van der Waals surface area contributed by atoms with Crippen molar-refractivity contribution in [1.29, 1.82) is 0 Å². The zero-order valence-corrected chi connectivity index (χ0v) is 9.22. The summed E-state index contributed by atoms with van der Waals surface area (Å²) in [5.41, 5.74) is 1.29. The molecule has 0 radical (unpaired) electrons. The van der Waals surface area contributed by atoms with Gasteiger partial charge in [0.05, 0.1) is 11.9 Å². The number of nitrogens with zero attached hydrogens (tertiary/aromatic N) is 2. The topological polar surface area (TPSA) is 25.8 Å². The summed E-state index contributed by atoms with van der Waals surface area (Å²) in [6.07, 6.45) is 2.64. The van der Waals surface area contributed by atoms with Crippen LogP contribution in [0.4, 0.5) is 0 Å². The van der Waals surface area contributed by atoms with Crippen LogP contribution in [0.25, 0.3) is 0 Å². The molecule has 66 valence electrons. The van der Waals surface area contributed by atoms with Crippen molar-refractivity contribution in [2.75, 3.05) is 0 Å². The molecule has 0 aliphatic carbocycles. The van der Waals surface area contributed by atoms with Crippen LogP contribution in [0.15, 0.2) is 16.7 Å². The van der Waals surface area contributed by atoms with E-state index in [1.54, 1.807) is 6.20 Å². The summed E-state index contributed by atoms with van der Waals surface area (Å²) in [6.45, 7) is 6.57. The fourth-order valence-electron chi connectivity index (χ4n) is 0.968. The first kappa shape index (κ1) is 9.65. The summed E-state index contributed by atoms with van der Waals surface area (Å²) in [7, 11) is 0. The summed E-state index contributed by atoms with van der Waals surface area (Å²) >= 11 is 3.45. The first-order chi connectivity index (χ1) is 5.49. The van der Waals surface area contributed by atoms with Crippen LogP contribution in [-0.2, 0) is 6.42 Å². The molecule has 0 bridgehead atoms. The standard InChI is InChI=1S/C9H13BrN2/c1-9(2,3)6-8-7(10)4-5-11-12-8/h4-5H,6H2,1-3H3. The predicted octanol–water partition coefficient (Wildman–Crippen LogP) is 2.83. The molecule has 0 atom stereocenters. The van der Waals surface area contributed by atoms with E-state index in [1.165, 1.54) is 0 Å². The Labute approximate surface area is 81.5 Å². The van der Waals surface area contributed by atoms with Gasteiger partial charge in [0.25, 0.3) is 0 Å². The Balaban J connectivity index is 2.83. The van der Waals surface area contributed by atoms with E-state index in [4.69, 9.17) is 0 Å². The first-order valence-electron chi connectivity index (χ1n) is 3.95. The molecule has 1 aromatic heterocycles. The van der Waals surface area contributed by atoms with Gasteiger partial charge in [-0.1, -0.05) is 20.8 Å². The Hall–Kier alpha value is -0.440. The smallest absolute Gasteiger partial charge is 0.0777 e. The van der Waals surface area contributed by atoms with Crippen LogP contribution in [0.3, 0.4) is 0 Å². The Bertz CT molecular complexity index is 265. The Morgan fingerprint density at radius 3 is 2.58 bits per heavy atom. The third-order valence-corrected chi connectivity index (χ3v) is 2.16. The maximum absolute atomic E-state index is 4.07. The third-order valence-electron chi connectivity index (χ3n) is 1.44. The maximum Gasteiger partial charge on any atom is 0.0777 e. The summed E-state index contributed by atoms with van der Waals surface area (Å²) in [6, 6.07) is 1.92. The van der Waals surface area contributed by atoms with Gasteiger partial charge < -0.3 is 0 Å². The van der Waals surface area contributed by atoms with Crippen molar-refractivity contribution in [1.82, 2.24) is 10.2 Å². The monoisotopic (exact) mass is 228 g/mol. The lowest BCUT2D eigenvalue weighted by Crippen LogP contribution is -2.11. The molecule has 0 aliphatic heterocycles. The van der Waals surface area contributed by atoms with E-state index < -0.39 is 0 Å². The largest absolute Gasteiger partial charge is 0.159 e. The summed E-state index contributed by atoms with van der Waals surface area (Å²) in [4.78, 5) is 0. The lowest BCUT2D eigenvalue weighted by Gasteiger charge is -2.17. The van der Waals surface area contributed by atoms with Crippen molar-refractivity contribution in [2.24, 2.45) is 5.41 Å². The quantitative estimate of drug-likeness (QED) is 0.739. The highest BCUT2D eigenvalue weighted by atomic mass is 79.9. The van der Waals surface area contributed by atoms with Crippen LogP contribution in [0.2, 0.25) is 0 Å². The molecule has 1 rings (SSSR count). The molecule has 2 nitrogen and oxygen atoms in total. The molecule has 0 fully saturated rings. The van der Waals surface area contributed by atoms with Gasteiger partial charge in [0.1, 0.15) is 0 Å². The van der Waals surface area contributed by atoms with E-state index in [1.807, 2.05) is 6.07 Å². The van der Waals surface area contributed by atoms with E-state index in [-0.39, 0.29) is 5.41 Å². The van der Waals surface area contributed by atoms with Crippen molar-refractivity contribution in [3.63, 3.8) is 0 Å². The molecule has 1 heterocycles. The highest BCUT2D eigenvalue weighted by Crippen LogP contribution is 2.23. The van der Waals surface area contributed by atoms with Crippen molar-refractivity contribution in [2.45, 2.75) is 27.2 Å². The van der Waals surface area contributed by atoms with Crippen LogP contribution in [0.5, 0.6) is 0 Å². The second-order valence-electron chi connectivity index (χ2n) is 4.06. The van der Waals surface area contributed by atoms with Gasteiger partial charge in [-0.2, -0.15) is 10.2 Å². The minimum absolute atomic E-state index is 0.262. The highest BCUT2D eigenvalue weighted by Gasteiger charge is 2.14. The van der Waals surface area contributed by atoms with Gasteiger partial charge in [0.2, 0.25) is 0 Å². The molecule has 0 saturated heterocycles. The highest BCUT2D eigenvalue weighted by molar-refractivity contribution is 9.10. The summed E-state index contributed by atoms with van der Waals surface area (Å²) in [5.74, 6) is 0. The molecule has 0 aliphatic rings. The molecule has 1 aromatic rings. The summed E-state index contributed by atoms with van der Waals surface area (Å²) in [5, 5.41) is 7.92. The van der Waals surface area contributed by atoms with Crippen LogP contribution in [-0.4, -0.2) is 10.2 Å². The van der Waals surface area contributed by atoms with Crippen LogP contribution >= 0.6 is 15.9 Å².